The van der Waals surface area contributed by atoms with Gasteiger partial charge < -0.3 is 9.52 Å². The number of hydrogen-bond donors (Lipinski definition) is 1. The Morgan fingerprint density at radius 2 is 2.06 bits per heavy atom. The molecule has 4 heteroatoms. The molecular formula is C12H10BrClO2. The second-order valence-corrected chi connectivity index (χ2v) is 4.74. The number of rotatable bonds is 2. The van der Waals surface area contributed by atoms with Crippen molar-refractivity contribution in [2.45, 2.75) is 13.0 Å². The van der Waals surface area contributed by atoms with E-state index in [1.54, 1.807) is 18.2 Å². The Morgan fingerprint density at radius 1 is 1.31 bits per heavy atom. The summed E-state index contributed by atoms with van der Waals surface area (Å²) in [5.41, 5.74) is 1.70. The zero-order chi connectivity index (χ0) is 11.7. The van der Waals surface area contributed by atoms with Gasteiger partial charge in [-0.2, -0.15) is 0 Å². The van der Waals surface area contributed by atoms with Crippen LogP contribution in [-0.4, -0.2) is 5.11 Å². The second-order valence-electron chi connectivity index (χ2n) is 3.55. The summed E-state index contributed by atoms with van der Waals surface area (Å²) in [6, 6.07) is 8.93. The molecule has 0 fully saturated rings. The fraction of sp³-hybridized carbons (Fsp3) is 0.167. The number of benzene rings is 1. The van der Waals surface area contributed by atoms with Gasteiger partial charge in [-0.15, -0.1) is 0 Å². The van der Waals surface area contributed by atoms with Crippen LogP contribution in [0, 0.1) is 6.92 Å². The molecule has 0 aliphatic rings. The highest BCUT2D eigenvalue weighted by Crippen LogP contribution is 2.28. The predicted octanol–water partition coefficient (Wildman–Crippen LogP) is 4.09. The normalized spacial score (nSPS) is 12.8. The van der Waals surface area contributed by atoms with Crippen LogP contribution >= 0.6 is 27.5 Å². The highest BCUT2D eigenvalue weighted by atomic mass is 79.9. The van der Waals surface area contributed by atoms with E-state index in [9.17, 15) is 5.11 Å². The van der Waals surface area contributed by atoms with Crippen LogP contribution in [0.3, 0.4) is 0 Å². The summed E-state index contributed by atoms with van der Waals surface area (Å²) >= 11 is 9.19. The molecule has 1 atom stereocenters. The maximum Gasteiger partial charge on any atom is 0.169 e. The lowest BCUT2D eigenvalue weighted by Gasteiger charge is -2.09. The van der Waals surface area contributed by atoms with Crippen molar-refractivity contribution in [2.75, 3.05) is 0 Å². The van der Waals surface area contributed by atoms with Gasteiger partial charge in [0.1, 0.15) is 11.9 Å². The molecule has 1 aromatic carbocycles. The van der Waals surface area contributed by atoms with E-state index in [1.165, 1.54) is 0 Å². The lowest BCUT2D eigenvalue weighted by Crippen LogP contribution is -1.98. The zero-order valence-corrected chi connectivity index (χ0v) is 10.9. The number of halogens is 2. The van der Waals surface area contributed by atoms with Crippen LogP contribution in [0.4, 0.5) is 0 Å². The average molecular weight is 302 g/mol. The maximum atomic E-state index is 10.0. The minimum atomic E-state index is -0.788. The van der Waals surface area contributed by atoms with Gasteiger partial charge in [0.2, 0.25) is 0 Å². The van der Waals surface area contributed by atoms with Gasteiger partial charge in [0.05, 0.1) is 0 Å². The smallest absolute Gasteiger partial charge is 0.169 e. The first-order valence-electron chi connectivity index (χ1n) is 4.77. The van der Waals surface area contributed by atoms with Gasteiger partial charge in [-0.25, -0.2) is 0 Å². The van der Waals surface area contributed by atoms with Crippen molar-refractivity contribution in [3.05, 3.63) is 56.9 Å². The fourth-order valence-electron chi connectivity index (χ4n) is 1.42. The van der Waals surface area contributed by atoms with Crippen molar-refractivity contribution in [1.29, 1.82) is 0 Å². The van der Waals surface area contributed by atoms with Crippen molar-refractivity contribution < 1.29 is 9.52 Å². The summed E-state index contributed by atoms with van der Waals surface area (Å²) in [6.07, 6.45) is -0.788. The number of aryl methyl sites for hydroxylation is 1. The van der Waals surface area contributed by atoms with E-state index in [4.69, 9.17) is 16.0 Å². The van der Waals surface area contributed by atoms with Crippen LogP contribution in [-0.2, 0) is 0 Å². The third-order valence-corrected chi connectivity index (χ3v) is 3.21. The van der Waals surface area contributed by atoms with Crippen molar-refractivity contribution in [3.8, 4) is 0 Å². The van der Waals surface area contributed by atoms with Crippen molar-refractivity contribution in [2.24, 2.45) is 0 Å². The molecule has 2 nitrogen and oxygen atoms in total. The first-order valence-corrected chi connectivity index (χ1v) is 5.94. The molecular weight excluding hydrogens is 291 g/mol. The van der Waals surface area contributed by atoms with Crippen molar-refractivity contribution >= 4 is 27.5 Å². The summed E-state index contributed by atoms with van der Waals surface area (Å²) in [4.78, 5) is 0. The van der Waals surface area contributed by atoms with Gasteiger partial charge in [0.15, 0.2) is 4.67 Å². The molecule has 16 heavy (non-hydrogen) atoms. The van der Waals surface area contributed by atoms with Gasteiger partial charge in [0.25, 0.3) is 0 Å². The molecule has 0 spiro atoms. The fourth-order valence-corrected chi connectivity index (χ4v) is 1.93. The lowest BCUT2D eigenvalue weighted by molar-refractivity contribution is 0.187. The van der Waals surface area contributed by atoms with E-state index in [0.29, 0.717) is 15.5 Å². The van der Waals surface area contributed by atoms with Crippen molar-refractivity contribution in [3.63, 3.8) is 0 Å². The standard InChI is InChI=1S/C12H10BrClO2/c1-7-2-3-8(6-9(7)14)12(15)10-4-5-11(13)16-10/h2-6,12,15H,1H3. The molecule has 1 unspecified atom stereocenters. The Hall–Kier alpha value is -0.770. The van der Waals surface area contributed by atoms with E-state index in [2.05, 4.69) is 15.9 Å². The third kappa shape index (κ3) is 2.32. The van der Waals surface area contributed by atoms with Crippen molar-refractivity contribution in [1.82, 2.24) is 0 Å². The lowest BCUT2D eigenvalue weighted by atomic mass is 10.1. The summed E-state index contributed by atoms with van der Waals surface area (Å²) in [5.74, 6) is 0.492. The second kappa shape index (κ2) is 4.62. The van der Waals surface area contributed by atoms with Crippen LogP contribution in [0.2, 0.25) is 5.02 Å². The highest BCUT2D eigenvalue weighted by Gasteiger charge is 2.15. The molecule has 0 saturated heterocycles. The molecule has 0 saturated carbocycles. The molecule has 1 heterocycles. The Morgan fingerprint density at radius 3 is 2.62 bits per heavy atom. The van der Waals surface area contributed by atoms with Crippen LogP contribution in [0.25, 0.3) is 0 Å². The van der Waals surface area contributed by atoms with Gasteiger partial charge in [0, 0.05) is 5.02 Å². The SMILES string of the molecule is Cc1ccc(C(O)c2ccc(Br)o2)cc1Cl. The van der Waals surface area contributed by atoms with Gasteiger partial charge in [-0.3, -0.25) is 0 Å². The predicted molar refractivity (Wildman–Crippen MR) is 66.7 cm³/mol. The largest absolute Gasteiger partial charge is 0.451 e. The Kier molecular flexibility index (Phi) is 3.38. The highest BCUT2D eigenvalue weighted by molar-refractivity contribution is 9.10. The molecule has 1 aromatic heterocycles. The third-order valence-electron chi connectivity index (χ3n) is 2.38. The summed E-state index contributed by atoms with van der Waals surface area (Å²) < 4.78 is 5.89. The van der Waals surface area contributed by atoms with E-state index >= 15 is 0 Å². The quantitative estimate of drug-likeness (QED) is 0.906. The number of furan rings is 1. The molecule has 2 aromatic rings. The van der Waals surface area contributed by atoms with E-state index in [1.807, 2.05) is 19.1 Å². The molecule has 0 aliphatic heterocycles. The van der Waals surface area contributed by atoms with Gasteiger partial charge in [-0.05, 0) is 52.2 Å². The summed E-state index contributed by atoms with van der Waals surface area (Å²) in [5, 5.41) is 10.7. The molecule has 2 rings (SSSR count). The van der Waals surface area contributed by atoms with E-state index in [-0.39, 0.29) is 0 Å². The van der Waals surface area contributed by atoms with Gasteiger partial charge in [-0.1, -0.05) is 23.7 Å². The van der Waals surface area contributed by atoms with E-state index < -0.39 is 6.10 Å². The molecule has 1 N–H and O–H groups in total. The molecule has 84 valence electrons. The monoisotopic (exact) mass is 300 g/mol. The first kappa shape index (κ1) is 11.7. The molecule has 0 aliphatic carbocycles. The Balaban J connectivity index is 2.33. The average Bonchev–Trinajstić information content (AvgIpc) is 2.68. The number of aliphatic hydroxyl groups excluding tert-OH is 1. The summed E-state index contributed by atoms with van der Waals surface area (Å²) in [7, 11) is 0. The van der Waals surface area contributed by atoms with E-state index in [0.717, 1.165) is 11.1 Å². The number of hydrogen-bond acceptors (Lipinski definition) is 2. The first-order chi connectivity index (χ1) is 7.58. The van der Waals surface area contributed by atoms with Crippen LogP contribution in [0.15, 0.2) is 39.4 Å². The topological polar surface area (TPSA) is 33.4 Å². The zero-order valence-electron chi connectivity index (χ0n) is 8.58. The molecule has 0 radical (unpaired) electrons. The molecule has 0 bridgehead atoms. The minimum absolute atomic E-state index is 0.492. The Labute approximate surface area is 107 Å². The van der Waals surface area contributed by atoms with Crippen LogP contribution in [0.1, 0.15) is 23.0 Å². The minimum Gasteiger partial charge on any atom is -0.451 e. The van der Waals surface area contributed by atoms with Crippen LogP contribution in [0.5, 0.6) is 0 Å². The summed E-state index contributed by atoms with van der Waals surface area (Å²) in [6.45, 7) is 1.92. The van der Waals surface area contributed by atoms with Crippen LogP contribution < -0.4 is 0 Å². The molecule has 0 amide bonds. The Bertz CT molecular complexity index is 507. The van der Waals surface area contributed by atoms with Gasteiger partial charge >= 0.3 is 0 Å². The number of aliphatic hydroxyl groups is 1. The maximum absolute atomic E-state index is 10.0.